The number of rotatable bonds is 6. The Morgan fingerprint density at radius 2 is 2.00 bits per heavy atom. The van der Waals surface area contributed by atoms with Crippen molar-refractivity contribution in [2.24, 2.45) is 5.73 Å². The van der Waals surface area contributed by atoms with Gasteiger partial charge in [-0.1, -0.05) is 0 Å². The van der Waals surface area contributed by atoms with Crippen LogP contribution in [0.4, 0.5) is 0 Å². The van der Waals surface area contributed by atoms with E-state index in [1.807, 2.05) is 26.4 Å². The van der Waals surface area contributed by atoms with Gasteiger partial charge in [0.2, 0.25) is 0 Å². The minimum Gasteiger partial charge on any atom is -0.374 e. The Balaban J connectivity index is 2.43. The van der Waals surface area contributed by atoms with Crippen LogP contribution in [0.15, 0.2) is 18.7 Å². The Kier molecular flexibility index (Phi) is 4.10. The molecular weight excluding hydrogens is 202 g/mol. The molecule has 0 fully saturated rings. The van der Waals surface area contributed by atoms with Crippen LogP contribution in [-0.2, 0) is 10.3 Å². The molecule has 92 valence electrons. The molecule has 0 amide bonds. The van der Waals surface area contributed by atoms with Crippen LogP contribution < -0.4 is 5.73 Å². The minimum atomic E-state index is -0.231. The summed E-state index contributed by atoms with van der Waals surface area (Å²) in [6.45, 7) is 9.61. The van der Waals surface area contributed by atoms with Crippen LogP contribution in [0.2, 0.25) is 0 Å². The van der Waals surface area contributed by atoms with Crippen LogP contribution in [0, 0.1) is 0 Å². The van der Waals surface area contributed by atoms with E-state index in [-0.39, 0.29) is 11.1 Å². The molecule has 0 aliphatic carbocycles. The SMILES string of the molecule is CC(C)(CN)OCCC(C)(C)n1ccnc1. The predicted octanol–water partition coefficient (Wildman–Crippen LogP) is 1.76. The van der Waals surface area contributed by atoms with E-state index in [1.54, 1.807) is 6.20 Å². The molecule has 4 nitrogen and oxygen atoms in total. The fourth-order valence-electron chi connectivity index (χ4n) is 1.38. The summed E-state index contributed by atoms with van der Waals surface area (Å²) in [5.74, 6) is 0. The molecule has 0 radical (unpaired) electrons. The largest absolute Gasteiger partial charge is 0.374 e. The van der Waals surface area contributed by atoms with Gasteiger partial charge in [0.05, 0.1) is 11.9 Å². The zero-order valence-electron chi connectivity index (χ0n) is 10.7. The van der Waals surface area contributed by atoms with E-state index in [0.717, 1.165) is 6.42 Å². The van der Waals surface area contributed by atoms with Gasteiger partial charge in [-0.25, -0.2) is 4.98 Å². The first-order chi connectivity index (χ1) is 7.37. The number of nitrogens with two attached hydrogens (primary N) is 1. The van der Waals surface area contributed by atoms with Crippen LogP contribution in [0.25, 0.3) is 0 Å². The lowest BCUT2D eigenvalue weighted by Crippen LogP contribution is -2.36. The average Bonchev–Trinajstić information content (AvgIpc) is 2.70. The fraction of sp³-hybridized carbons (Fsp3) is 0.750. The summed E-state index contributed by atoms with van der Waals surface area (Å²) in [4.78, 5) is 4.06. The van der Waals surface area contributed by atoms with Gasteiger partial charge in [-0.2, -0.15) is 0 Å². The molecule has 0 atom stereocenters. The molecule has 0 aromatic carbocycles. The van der Waals surface area contributed by atoms with E-state index in [0.29, 0.717) is 13.2 Å². The van der Waals surface area contributed by atoms with Gasteiger partial charge < -0.3 is 15.0 Å². The zero-order chi connectivity index (χ0) is 12.2. The number of ether oxygens (including phenoxy) is 1. The van der Waals surface area contributed by atoms with Crippen molar-refractivity contribution in [3.63, 3.8) is 0 Å². The van der Waals surface area contributed by atoms with Crippen molar-refractivity contribution < 1.29 is 4.74 Å². The molecule has 4 heteroatoms. The first-order valence-electron chi connectivity index (χ1n) is 5.70. The van der Waals surface area contributed by atoms with E-state index in [1.165, 1.54) is 0 Å². The van der Waals surface area contributed by atoms with Crippen LogP contribution in [0.5, 0.6) is 0 Å². The lowest BCUT2D eigenvalue weighted by Gasteiger charge is -2.29. The molecular formula is C12H23N3O. The Labute approximate surface area is 97.8 Å². The van der Waals surface area contributed by atoms with Crippen LogP contribution >= 0.6 is 0 Å². The van der Waals surface area contributed by atoms with Gasteiger partial charge in [0.15, 0.2) is 0 Å². The summed E-state index contributed by atoms with van der Waals surface area (Å²) < 4.78 is 7.86. The number of imidazole rings is 1. The first kappa shape index (κ1) is 13.2. The quantitative estimate of drug-likeness (QED) is 0.802. The maximum atomic E-state index is 5.75. The molecule has 16 heavy (non-hydrogen) atoms. The third-order valence-electron chi connectivity index (χ3n) is 2.90. The standard InChI is InChI=1S/C12H23N3O/c1-11(2,15-7-6-14-10-15)5-8-16-12(3,4)9-13/h6-7,10H,5,8-9,13H2,1-4H3. The highest BCUT2D eigenvalue weighted by Crippen LogP contribution is 2.20. The van der Waals surface area contributed by atoms with Crippen molar-refractivity contribution >= 4 is 0 Å². The van der Waals surface area contributed by atoms with Crippen molar-refractivity contribution in [1.29, 1.82) is 0 Å². The molecule has 1 rings (SSSR count). The zero-order valence-corrected chi connectivity index (χ0v) is 10.7. The maximum absolute atomic E-state index is 5.75. The minimum absolute atomic E-state index is 0.0289. The molecule has 0 spiro atoms. The van der Waals surface area contributed by atoms with E-state index in [9.17, 15) is 0 Å². The molecule has 1 aromatic rings. The Morgan fingerprint density at radius 3 is 2.50 bits per heavy atom. The van der Waals surface area contributed by atoms with Gasteiger partial charge in [-0.15, -0.1) is 0 Å². The number of nitrogens with zero attached hydrogens (tertiary/aromatic N) is 2. The highest BCUT2D eigenvalue weighted by molar-refractivity contribution is 4.86. The van der Waals surface area contributed by atoms with Crippen molar-refractivity contribution in [3.8, 4) is 0 Å². The topological polar surface area (TPSA) is 53.1 Å². The van der Waals surface area contributed by atoms with Gasteiger partial charge in [-0.3, -0.25) is 0 Å². The smallest absolute Gasteiger partial charge is 0.0950 e. The van der Waals surface area contributed by atoms with Crippen LogP contribution in [0.1, 0.15) is 34.1 Å². The first-order valence-corrected chi connectivity index (χ1v) is 5.70. The van der Waals surface area contributed by atoms with E-state index in [4.69, 9.17) is 10.5 Å². The lowest BCUT2D eigenvalue weighted by molar-refractivity contribution is -0.0211. The van der Waals surface area contributed by atoms with Gasteiger partial charge in [-0.05, 0) is 34.1 Å². The normalized spacial score (nSPS) is 13.1. The number of hydrogen-bond donors (Lipinski definition) is 1. The third kappa shape index (κ3) is 3.61. The van der Waals surface area contributed by atoms with E-state index in [2.05, 4.69) is 23.4 Å². The maximum Gasteiger partial charge on any atom is 0.0950 e. The summed E-state index contributed by atoms with van der Waals surface area (Å²) in [5, 5.41) is 0. The molecule has 2 N–H and O–H groups in total. The van der Waals surface area contributed by atoms with Gasteiger partial charge in [0, 0.05) is 31.1 Å². The van der Waals surface area contributed by atoms with Gasteiger partial charge in [0.25, 0.3) is 0 Å². The molecule has 0 aliphatic rings. The third-order valence-corrected chi connectivity index (χ3v) is 2.90. The van der Waals surface area contributed by atoms with E-state index < -0.39 is 0 Å². The van der Waals surface area contributed by atoms with Crippen molar-refractivity contribution in [1.82, 2.24) is 9.55 Å². The van der Waals surface area contributed by atoms with Crippen LogP contribution in [0.3, 0.4) is 0 Å². The summed E-state index contributed by atoms with van der Waals surface area (Å²) in [6, 6.07) is 0. The fourth-order valence-corrected chi connectivity index (χ4v) is 1.38. The average molecular weight is 225 g/mol. The highest BCUT2D eigenvalue weighted by atomic mass is 16.5. The lowest BCUT2D eigenvalue weighted by atomic mass is 10.0. The second kappa shape index (κ2) is 4.97. The molecule has 1 heterocycles. The van der Waals surface area contributed by atoms with Crippen molar-refractivity contribution in [2.75, 3.05) is 13.2 Å². The molecule has 1 aromatic heterocycles. The number of aromatic nitrogens is 2. The number of hydrogen-bond acceptors (Lipinski definition) is 3. The Bertz CT molecular complexity index is 304. The van der Waals surface area contributed by atoms with E-state index >= 15 is 0 Å². The van der Waals surface area contributed by atoms with Crippen molar-refractivity contribution in [3.05, 3.63) is 18.7 Å². The highest BCUT2D eigenvalue weighted by Gasteiger charge is 2.22. The molecule has 0 unspecified atom stereocenters. The summed E-state index contributed by atoms with van der Waals surface area (Å²) >= 11 is 0. The predicted molar refractivity (Wildman–Crippen MR) is 65.3 cm³/mol. The summed E-state index contributed by atoms with van der Waals surface area (Å²) in [5.41, 5.74) is 5.41. The van der Waals surface area contributed by atoms with Gasteiger partial charge in [0.1, 0.15) is 0 Å². The second-order valence-corrected chi connectivity index (χ2v) is 5.34. The summed E-state index contributed by atoms with van der Waals surface area (Å²) in [6.07, 6.45) is 6.56. The monoisotopic (exact) mass is 225 g/mol. The molecule has 0 saturated heterocycles. The Hall–Kier alpha value is -0.870. The molecule has 0 saturated carbocycles. The molecule has 0 bridgehead atoms. The van der Waals surface area contributed by atoms with Crippen LogP contribution in [-0.4, -0.2) is 28.3 Å². The van der Waals surface area contributed by atoms with Crippen molar-refractivity contribution in [2.45, 2.75) is 45.3 Å². The Morgan fingerprint density at radius 1 is 1.31 bits per heavy atom. The summed E-state index contributed by atoms with van der Waals surface area (Å²) in [7, 11) is 0. The molecule has 0 aliphatic heterocycles. The van der Waals surface area contributed by atoms with Gasteiger partial charge >= 0.3 is 0 Å². The second-order valence-electron chi connectivity index (χ2n) is 5.34.